The number of benzene rings is 1. The summed E-state index contributed by atoms with van der Waals surface area (Å²) in [5.41, 5.74) is 1.11. The molecular weight excluding hydrogens is 242 g/mol. The molecule has 0 heterocycles. The summed E-state index contributed by atoms with van der Waals surface area (Å²) in [7, 11) is 0. The summed E-state index contributed by atoms with van der Waals surface area (Å²) in [5, 5.41) is 8.87. The van der Waals surface area contributed by atoms with Gasteiger partial charge in [0.2, 0.25) is 0 Å². The highest BCUT2D eigenvalue weighted by Crippen LogP contribution is 2.09. The molecule has 0 aliphatic rings. The number of nitriles is 1. The molecule has 4 heteroatoms. The molecule has 19 heavy (non-hydrogen) atoms. The van der Waals surface area contributed by atoms with Crippen LogP contribution in [0.2, 0.25) is 0 Å². The minimum absolute atomic E-state index is 0.0904. The first-order valence-corrected chi connectivity index (χ1v) is 5.64. The Labute approximate surface area is 111 Å². The Hall–Kier alpha value is -2.67. The van der Waals surface area contributed by atoms with Crippen LogP contribution in [0.25, 0.3) is 6.08 Å². The molecule has 0 N–H and O–H groups in total. The molecule has 0 amide bonds. The summed E-state index contributed by atoms with van der Waals surface area (Å²) in [6.07, 6.45) is 3.90. The van der Waals surface area contributed by atoms with Crippen LogP contribution in [-0.2, 0) is 14.3 Å². The number of hydrogen-bond acceptors (Lipinski definition) is 4. The van der Waals surface area contributed by atoms with Crippen molar-refractivity contribution in [3.8, 4) is 6.07 Å². The number of allylic oxidation sites excluding steroid dienone is 1. The largest absolute Gasteiger partial charge is 0.461 e. The second-order valence-corrected chi connectivity index (χ2v) is 3.65. The topological polar surface area (TPSA) is 67.2 Å². The Kier molecular flexibility index (Phi) is 5.77. The lowest BCUT2D eigenvalue weighted by molar-refractivity contribution is -0.144. The molecule has 0 spiro atoms. The molecule has 1 aromatic rings. The van der Waals surface area contributed by atoms with Gasteiger partial charge in [-0.1, -0.05) is 36.9 Å². The standard InChI is InChI=1S/C15H13NO3/c1-2-9-19-15(18)10-14(17)8-7-12-5-3-4-6-13(12)11-16/h2-8H,1,9-10H2. The monoisotopic (exact) mass is 255 g/mol. The maximum absolute atomic E-state index is 11.5. The zero-order chi connectivity index (χ0) is 14.1. The molecule has 0 aliphatic carbocycles. The van der Waals surface area contributed by atoms with E-state index in [1.165, 1.54) is 18.2 Å². The minimum atomic E-state index is -0.594. The summed E-state index contributed by atoms with van der Waals surface area (Å²) in [6.45, 7) is 3.49. The van der Waals surface area contributed by atoms with Crippen molar-refractivity contribution in [3.63, 3.8) is 0 Å². The fourth-order valence-electron chi connectivity index (χ4n) is 1.33. The second-order valence-electron chi connectivity index (χ2n) is 3.65. The number of ether oxygens (including phenoxy) is 1. The van der Waals surface area contributed by atoms with Gasteiger partial charge in [0.15, 0.2) is 5.78 Å². The van der Waals surface area contributed by atoms with Gasteiger partial charge in [-0.15, -0.1) is 0 Å². The van der Waals surface area contributed by atoms with E-state index in [1.807, 2.05) is 6.07 Å². The van der Waals surface area contributed by atoms with E-state index in [4.69, 9.17) is 10.00 Å². The molecule has 0 saturated carbocycles. The molecule has 0 saturated heterocycles. The van der Waals surface area contributed by atoms with Gasteiger partial charge < -0.3 is 4.74 Å². The van der Waals surface area contributed by atoms with E-state index < -0.39 is 5.97 Å². The lowest BCUT2D eigenvalue weighted by Crippen LogP contribution is -2.09. The van der Waals surface area contributed by atoms with Gasteiger partial charge in [0.1, 0.15) is 13.0 Å². The molecule has 1 aromatic carbocycles. The van der Waals surface area contributed by atoms with Crippen molar-refractivity contribution in [2.75, 3.05) is 6.61 Å². The smallest absolute Gasteiger partial charge is 0.313 e. The van der Waals surface area contributed by atoms with E-state index in [2.05, 4.69) is 6.58 Å². The lowest BCUT2D eigenvalue weighted by Gasteiger charge is -1.99. The third kappa shape index (κ3) is 5.00. The van der Waals surface area contributed by atoms with Crippen molar-refractivity contribution >= 4 is 17.8 Å². The van der Waals surface area contributed by atoms with Crippen LogP contribution >= 0.6 is 0 Å². The summed E-state index contributed by atoms with van der Waals surface area (Å²) in [4.78, 5) is 22.7. The van der Waals surface area contributed by atoms with Gasteiger partial charge in [-0.2, -0.15) is 5.26 Å². The van der Waals surface area contributed by atoms with Crippen molar-refractivity contribution in [1.29, 1.82) is 5.26 Å². The normalized spacial score (nSPS) is 9.84. The predicted octanol–water partition coefficient (Wildman–Crippen LogP) is 2.26. The van der Waals surface area contributed by atoms with Crippen LogP contribution in [0, 0.1) is 11.3 Å². The maximum Gasteiger partial charge on any atom is 0.313 e. The Morgan fingerprint density at radius 1 is 1.37 bits per heavy atom. The molecule has 1 rings (SSSR count). The number of nitrogens with zero attached hydrogens (tertiary/aromatic N) is 1. The summed E-state index contributed by atoms with van der Waals surface area (Å²) in [6, 6.07) is 8.91. The fraction of sp³-hybridized carbons (Fsp3) is 0.133. The van der Waals surface area contributed by atoms with E-state index in [0.29, 0.717) is 11.1 Å². The Morgan fingerprint density at radius 2 is 2.11 bits per heavy atom. The molecule has 0 radical (unpaired) electrons. The van der Waals surface area contributed by atoms with Gasteiger partial charge >= 0.3 is 5.97 Å². The first-order chi connectivity index (χ1) is 9.17. The highest BCUT2D eigenvalue weighted by atomic mass is 16.5. The van der Waals surface area contributed by atoms with Crippen molar-refractivity contribution in [3.05, 3.63) is 54.1 Å². The number of ketones is 1. The van der Waals surface area contributed by atoms with Gasteiger partial charge in [0, 0.05) is 0 Å². The van der Waals surface area contributed by atoms with Crippen LogP contribution in [0.15, 0.2) is 43.0 Å². The minimum Gasteiger partial charge on any atom is -0.461 e. The van der Waals surface area contributed by atoms with E-state index in [9.17, 15) is 9.59 Å². The zero-order valence-electron chi connectivity index (χ0n) is 10.3. The van der Waals surface area contributed by atoms with Crippen molar-refractivity contribution in [2.24, 2.45) is 0 Å². The Balaban J connectivity index is 2.61. The summed E-state index contributed by atoms with van der Waals surface area (Å²) < 4.78 is 4.69. The Bertz CT molecular complexity index is 553. The molecular formula is C15H13NO3. The number of hydrogen-bond donors (Lipinski definition) is 0. The third-order valence-corrected chi connectivity index (χ3v) is 2.21. The molecule has 0 unspecified atom stereocenters. The van der Waals surface area contributed by atoms with Gasteiger partial charge in [0.05, 0.1) is 11.6 Å². The number of carbonyl (C=O) groups is 2. The number of esters is 1. The van der Waals surface area contributed by atoms with E-state index in [1.54, 1.807) is 24.3 Å². The second kappa shape index (κ2) is 7.62. The predicted molar refractivity (Wildman–Crippen MR) is 71.0 cm³/mol. The number of rotatable bonds is 6. The first kappa shape index (κ1) is 14.4. The molecule has 96 valence electrons. The maximum atomic E-state index is 11.5. The van der Waals surface area contributed by atoms with Crippen LogP contribution in [-0.4, -0.2) is 18.4 Å². The van der Waals surface area contributed by atoms with Crippen molar-refractivity contribution in [2.45, 2.75) is 6.42 Å². The van der Waals surface area contributed by atoms with Crippen LogP contribution < -0.4 is 0 Å². The molecule has 4 nitrogen and oxygen atoms in total. The van der Waals surface area contributed by atoms with E-state index in [0.717, 1.165) is 0 Å². The van der Waals surface area contributed by atoms with Crippen LogP contribution in [0.1, 0.15) is 17.5 Å². The van der Waals surface area contributed by atoms with Crippen LogP contribution in [0.3, 0.4) is 0 Å². The third-order valence-electron chi connectivity index (χ3n) is 2.21. The summed E-state index contributed by atoms with van der Waals surface area (Å²) >= 11 is 0. The van der Waals surface area contributed by atoms with Gasteiger partial charge in [-0.05, 0) is 17.7 Å². The van der Waals surface area contributed by atoms with Crippen LogP contribution in [0.4, 0.5) is 0 Å². The van der Waals surface area contributed by atoms with Gasteiger partial charge in [-0.25, -0.2) is 0 Å². The summed E-state index contributed by atoms with van der Waals surface area (Å²) in [5.74, 6) is -0.968. The Morgan fingerprint density at radius 3 is 2.79 bits per heavy atom. The molecule has 0 fully saturated rings. The zero-order valence-corrected chi connectivity index (χ0v) is 10.3. The van der Waals surface area contributed by atoms with Gasteiger partial charge in [-0.3, -0.25) is 9.59 Å². The molecule has 0 bridgehead atoms. The van der Waals surface area contributed by atoms with Crippen molar-refractivity contribution < 1.29 is 14.3 Å². The fourth-order valence-corrected chi connectivity index (χ4v) is 1.33. The quantitative estimate of drug-likeness (QED) is 0.338. The van der Waals surface area contributed by atoms with Crippen LogP contribution in [0.5, 0.6) is 0 Å². The molecule has 0 aromatic heterocycles. The van der Waals surface area contributed by atoms with Gasteiger partial charge in [0.25, 0.3) is 0 Å². The van der Waals surface area contributed by atoms with E-state index >= 15 is 0 Å². The highest BCUT2D eigenvalue weighted by molar-refractivity contribution is 6.04. The molecule has 0 atom stereocenters. The van der Waals surface area contributed by atoms with Crippen molar-refractivity contribution in [1.82, 2.24) is 0 Å². The number of carbonyl (C=O) groups excluding carboxylic acids is 2. The SMILES string of the molecule is C=CCOC(=O)CC(=O)C=Cc1ccccc1C#N. The average Bonchev–Trinajstić information content (AvgIpc) is 2.43. The van der Waals surface area contributed by atoms with E-state index in [-0.39, 0.29) is 18.8 Å². The first-order valence-electron chi connectivity index (χ1n) is 5.64. The average molecular weight is 255 g/mol. The lowest BCUT2D eigenvalue weighted by atomic mass is 10.1. The highest BCUT2D eigenvalue weighted by Gasteiger charge is 2.07. The molecule has 0 aliphatic heterocycles.